The minimum absolute atomic E-state index is 0.0273. The Bertz CT molecular complexity index is 487. The van der Waals surface area contributed by atoms with Crippen molar-refractivity contribution in [2.24, 2.45) is 0 Å². The van der Waals surface area contributed by atoms with E-state index >= 15 is 0 Å². The van der Waals surface area contributed by atoms with E-state index in [1.54, 1.807) is 32.9 Å². The average Bonchev–Trinajstić information content (AvgIpc) is 2.42. The van der Waals surface area contributed by atoms with E-state index in [-0.39, 0.29) is 11.8 Å². The largest absolute Gasteiger partial charge is 0.444 e. The molecule has 5 nitrogen and oxygen atoms in total. The van der Waals surface area contributed by atoms with Gasteiger partial charge < -0.3 is 20.1 Å². The molecular weight excluding hydrogens is 306 g/mol. The van der Waals surface area contributed by atoms with Crippen molar-refractivity contribution in [3.8, 4) is 5.75 Å². The molecule has 0 aliphatic heterocycles. The normalized spacial score (nSPS) is 12.8. The molecule has 0 aliphatic rings. The van der Waals surface area contributed by atoms with Crippen LogP contribution < -0.4 is 15.4 Å². The maximum absolute atomic E-state index is 12.0. The maximum Gasteiger partial charge on any atom is 0.407 e. The van der Waals surface area contributed by atoms with Gasteiger partial charge in [0.25, 0.3) is 0 Å². The molecule has 0 saturated heterocycles. The van der Waals surface area contributed by atoms with Gasteiger partial charge in [-0.1, -0.05) is 12.1 Å². The topological polar surface area (TPSA) is 59.6 Å². The Morgan fingerprint density at radius 3 is 2.35 bits per heavy atom. The first-order chi connectivity index (χ1) is 10.7. The minimum atomic E-state index is -2.82. The number of alkyl carbamates (subject to hydrolysis) is 1. The summed E-state index contributed by atoms with van der Waals surface area (Å²) in [4.78, 5) is 11.5. The zero-order chi connectivity index (χ0) is 17.5. The van der Waals surface area contributed by atoms with Crippen molar-refractivity contribution in [2.45, 2.75) is 52.5 Å². The highest BCUT2D eigenvalue weighted by atomic mass is 19.3. The number of halogens is 2. The Kier molecular flexibility index (Phi) is 7.22. The van der Waals surface area contributed by atoms with E-state index < -0.39 is 18.3 Å². The van der Waals surface area contributed by atoms with Crippen LogP contribution in [0.1, 0.15) is 33.3 Å². The van der Waals surface area contributed by atoms with E-state index in [1.807, 2.05) is 6.92 Å². The van der Waals surface area contributed by atoms with E-state index in [2.05, 4.69) is 15.4 Å². The quantitative estimate of drug-likeness (QED) is 0.805. The Morgan fingerprint density at radius 2 is 1.83 bits per heavy atom. The molecule has 1 aromatic rings. The number of alkyl halides is 2. The fraction of sp³-hybridized carbons (Fsp3) is 0.562. The summed E-state index contributed by atoms with van der Waals surface area (Å²) < 4.78 is 33.5. The van der Waals surface area contributed by atoms with Crippen molar-refractivity contribution in [3.63, 3.8) is 0 Å². The molecule has 23 heavy (non-hydrogen) atoms. The molecule has 1 aromatic carbocycles. The van der Waals surface area contributed by atoms with E-state index in [9.17, 15) is 13.6 Å². The Balaban J connectivity index is 2.30. The van der Waals surface area contributed by atoms with Crippen LogP contribution in [0, 0.1) is 0 Å². The summed E-state index contributed by atoms with van der Waals surface area (Å²) in [6.45, 7) is 5.47. The van der Waals surface area contributed by atoms with Gasteiger partial charge in [-0.15, -0.1) is 0 Å². The Hall–Kier alpha value is -1.89. The molecule has 0 radical (unpaired) electrons. The number of ether oxygens (including phenoxy) is 2. The van der Waals surface area contributed by atoms with Gasteiger partial charge in [-0.25, -0.2) is 4.79 Å². The molecule has 1 unspecified atom stereocenters. The standard InChI is InChI=1S/C16H24F2N2O3/c1-11(9-20-15(21)23-16(2,3)4)19-10-12-5-7-13(8-6-12)22-14(17)18/h5-8,11,14,19H,9-10H2,1-4H3,(H,20,21). The van der Waals surface area contributed by atoms with Crippen LogP contribution in [0.3, 0.4) is 0 Å². The number of carbonyl (C=O) groups excluding carboxylic acids is 1. The Labute approximate surface area is 135 Å². The Morgan fingerprint density at radius 1 is 1.22 bits per heavy atom. The van der Waals surface area contributed by atoms with Crippen LogP contribution >= 0.6 is 0 Å². The highest BCUT2D eigenvalue weighted by molar-refractivity contribution is 5.67. The van der Waals surface area contributed by atoms with Gasteiger partial charge in [0, 0.05) is 19.1 Å². The molecular formula is C16H24F2N2O3. The number of amides is 1. The number of hydrogen-bond acceptors (Lipinski definition) is 4. The van der Waals surface area contributed by atoms with Crippen LogP contribution in [0.2, 0.25) is 0 Å². The first kappa shape index (κ1) is 19.2. The van der Waals surface area contributed by atoms with E-state index in [0.717, 1.165) is 5.56 Å². The van der Waals surface area contributed by atoms with Crippen LogP contribution in [-0.4, -0.2) is 30.9 Å². The van der Waals surface area contributed by atoms with E-state index in [0.29, 0.717) is 13.1 Å². The van der Waals surface area contributed by atoms with Gasteiger partial charge in [0.15, 0.2) is 0 Å². The third-order valence-electron chi connectivity index (χ3n) is 2.75. The molecule has 0 spiro atoms. The summed E-state index contributed by atoms with van der Waals surface area (Å²) in [6, 6.07) is 6.43. The molecule has 1 atom stereocenters. The summed E-state index contributed by atoms with van der Waals surface area (Å²) in [5, 5.41) is 5.90. The fourth-order valence-corrected chi connectivity index (χ4v) is 1.70. The summed E-state index contributed by atoms with van der Waals surface area (Å²) in [6.07, 6.45) is -0.459. The SMILES string of the molecule is CC(CNC(=O)OC(C)(C)C)NCc1ccc(OC(F)F)cc1. The predicted octanol–water partition coefficient (Wildman–Crippen LogP) is 3.29. The van der Waals surface area contributed by atoms with Gasteiger partial charge in [-0.2, -0.15) is 8.78 Å². The molecule has 0 aliphatic carbocycles. The van der Waals surface area contributed by atoms with Gasteiger partial charge >= 0.3 is 12.7 Å². The van der Waals surface area contributed by atoms with Crippen LogP contribution in [0.25, 0.3) is 0 Å². The monoisotopic (exact) mass is 330 g/mol. The second-order valence-corrected chi connectivity index (χ2v) is 6.19. The molecule has 0 aromatic heterocycles. The van der Waals surface area contributed by atoms with Crippen molar-refractivity contribution in [1.82, 2.24) is 10.6 Å². The molecule has 0 saturated carbocycles. The van der Waals surface area contributed by atoms with Gasteiger partial charge in [-0.05, 0) is 45.4 Å². The molecule has 1 amide bonds. The zero-order valence-corrected chi connectivity index (χ0v) is 13.9. The lowest BCUT2D eigenvalue weighted by Gasteiger charge is -2.21. The minimum Gasteiger partial charge on any atom is -0.444 e. The van der Waals surface area contributed by atoms with Crippen LogP contribution in [0.4, 0.5) is 13.6 Å². The first-order valence-electron chi connectivity index (χ1n) is 7.39. The van der Waals surface area contributed by atoms with Crippen molar-refractivity contribution >= 4 is 6.09 Å². The smallest absolute Gasteiger partial charge is 0.407 e. The lowest BCUT2D eigenvalue weighted by Crippen LogP contribution is -2.40. The van der Waals surface area contributed by atoms with Crippen molar-refractivity contribution < 1.29 is 23.0 Å². The van der Waals surface area contributed by atoms with E-state index in [4.69, 9.17) is 4.74 Å². The van der Waals surface area contributed by atoms with Gasteiger partial charge in [0.1, 0.15) is 11.4 Å². The summed E-state index contributed by atoms with van der Waals surface area (Å²) in [5.74, 6) is 0.128. The van der Waals surface area contributed by atoms with Crippen LogP contribution in [0.15, 0.2) is 24.3 Å². The van der Waals surface area contributed by atoms with Gasteiger partial charge in [-0.3, -0.25) is 0 Å². The highest BCUT2D eigenvalue weighted by Crippen LogP contribution is 2.14. The lowest BCUT2D eigenvalue weighted by atomic mass is 10.2. The molecule has 1 rings (SSSR count). The zero-order valence-electron chi connectivity index (χ0n) is 13.9. The van der Waals surface area contributed by atoms with Crippen molar-refractivity contribution in [3.05, 3.63) is 29.8 Å². The second kappa shape index (κ2) is 8.67. The summed E-state index contributed by atoms with van der Waals surface area (Å²) in [5.41, 5.74) is 0.402. The number of rotatable bonds is 7. The molecule has 2 N–H and O–H groups in total. The molecule has 0 heterocycles. The lowest BCUT2D eigenvalue weighted by molar-refractivity contribution is -0.0498. The summed E-state index contributed by atoms with van der Waals surface area (Å²) in [7, 11) is 0. The van der Waals surface area contributed by atoms with Gasteiger partial charge in [0.05, 0.1) is 0 Å². The maximum atomic E-state index is 12.0. The predicted molar refractivity (Wildman–Crippen MR) is 83.6 cm³/mol. The average molecular weight is 330 g/mol. The number of benzene rings is 1. The number of hydrogen-bond donors (Lipinski definition) is 2. The van der Waals surface area contributed by atoms with Crippen molar-refractivity contribution in [1.29, 1.82) is 0 Å². The summed E-state index contributed by atoms with van der Waals surface area (Å²) >= 11 is 0. The third kappa shape index (κ3) is 8.97. The second-order valence-electron chi connectivity index (χ2n) is 6.19. The first-order valence-corrected chi connectivity index (χ1v) is 7.39. The molecule has 130 valence electrons. The highest BCUT2D eigenvalue weighted by Gasteiger charge is 2.16. The molecule has 7 heteroatoms. The number of nitrogens with one attached hydrogen (secondary N) is 2. The van der Waals surface area contributed by atoms with E-state index in [1.165, 1.54) is 12.1 Å². The fourth-order valence-electron chi connectivity index (χ4n) is 1.70. The van der Waals surface area contributed by atoms with Crippen LogP contribution in [0.5, 0.6) is 5.75 Å². The van der Waals surface area contributed by atoms with Crippen LogP contribution in [-0.2, 0) is 11.3 Å². The third-order valence-corrected chi connectivity index (χ3v) is 2.75. The molecule has 0 bridgehead atoms. The molecule has 0 fully saturated rings. The van der Waals surface area contributed by atoms with Crippen molar-refractivity contribution in [2.75, 3.05) is 6.54 Å². The number of carbonyl (C=O) groups is 1. The van der Waals surface area contributed by atoms with Gasteiger partial charge in [0.2, 0.25) is 0 Å².